The molecule has 1 aliphatic rings. The first kappa shape index (κ1) is 16.1. The molecule has 0 amide bonds. The van der Waals surface area contributed by atoms with Crippen molar-refractivity contribution in [2.75, 3.05) is 25.6 Å². The van der Waals surface area contributed by atoms with Gasteiger partial charge < -0.3 is 19.9 Å². The molecule has 1 fully saturated rings. The van der Waals surface area contributed by atoms with Crippen LogP contribution in [0.4, 0.5) is 5.69 Å². The molecule has 0 heterocycles. The van der Waals surface area contributed by atoms with E-state index in [9.17, 15) is 0 Å². The Morgan fingerprint density at radius 3 is 2.29 bits per heavy atom. The zero-order valence-corrected chi connectivity index (χ0v) is 12.9. The van der Waals surface area contributed by atoms with Gasteiger partial charge in [0.2, 0.25) is 0 Å². The first-order valence-electron chi connectivity index (χ1n) is 7.99. The maximum Gasteiger partial charge on any atom is 0.119 e. The van der Waals surface area contributed by atoms with Gasteiger partial charge in [-0.1, -0.05) is 6.92 Å². The van der Waals surface area contributed by atoms with Crippen LogP contribution in [0.2, 0.25) is 0 Å². The molecular weight excluding hydrogens is 266 g/mol. The summed E-state index contributed by atoms with van der Waals surface area (Å²) < 4.78 is 17.3. The van der Waals surface area contributed by atoms with Gasteiger partial charge >= 0.3 is 0 Å². The van der Waals surface area contributed by atoms with Gasteiger partial charge in [-0.15, -0.1) is 0 Å². The lowest BCUT2D eigenvalue weighted by atomic mass is 9.95. The van der Waals surface area contributed by atoms with Crippen molar-refractivity contribution < 1.29 is 14.2 Å². The van der Waals surface area contributed by atoms with E-state index in [-0.39, 0.29) is 0 Å². The van der Waals surface area contributed by atoms with E-state index in [1.807, 2.05) is 24.3 Å². The molecule has 21 heavy (non-hydrogen) atoms. The number of ether oxygens (including phenoxy) is 3. The van der Waals surface area contributed by atoms with E-state index in [2.05, 4.69) is 6.92 Å². The molecule has 0 spiro atoms. The minimum absolute atomic E-state index is 0.296. The molecule has 0 saturated heterocycles. The zero-order valence-electron chi connectivity index (χ0n) is 12.9. The number of hydrogen-bond donors (Lipinski definition) is 1. The van der Waals surface area contributed by atoms with Crippen molar-refractivity contribution in [2.45, 2.75) is 51.2 Å². The summed E-state index contributed by atoms with van der Waals surface area (Å²) in [4.78, 5) is 0. The van der Waals surface area contributed by atoms with Crippen LogP contribution < -0.4 is 10.5 Å². The molecule has 4 nitrogen and oxygen atoms in total. The number of nitrogens with two attached hydrogens (primary N) is 1. The lowest BCUT2D eigenvalue weighted by molar-refractivity contribution is -0.0247. The molecule has 0 unspecified atom stereocenters. The molecule has 4 heteroatoms. The predicted octanol–water partition coefficient (Wildman–Crippen LogP) is 3.40. The van der Waals surface area contributed by atoms with Gasteiger partial charge in [-0.05, 0) is 56.4 Å². The highest BCUT2D eigenvalue weighted by Crippen LogP contribution is 2.25. The van der Waals surface area contributed by atoms with Crippen LogP contribution in [-0.2, 0) is 9.47 Å². The highest BCUT2D eigenvalue weighted by Gasteiger charge is 2.22. The zero-order chi connectivity index (χ0) is 14.9. The summed E-state index contributed by atoms with van der Waals surface area (Å²) in [6.45, 7) is 4.35. The van der Waals surface area contributed by atoms with Crippen LogP contribution in [0.15, 0.2) is 24.3 Å². The first-order valence-corrected chi connectivity index (χ1v) is 7.99. The molecule has 0 atom stereocenters. The maximum absolute atomic E-state index is 5.98. The molecule has 1 aliphatic carbocycles. The van der Waals surface area contributed by atoms with E-state index in [1.165, 1.54) is 0 Å². The molecule has 0 radical (unpaired) electrons. The standard InChI is InChI=1S/C17H27NO3/c1-2-11-19-12-13-20-15-7-9-17(10-8-15)21-16-5-3-14(18)4-6-16/h3-6,15,17H,2,7-13,18H2,1H3. The number of anilines is 1. The Kier molecular flexibility index (Phi) is 6.83. The molecule has 0 aromatic heterocycles. The number of nitrogen functional groups attached to an aromatic ring is 1. The van der Waals surface area contributed by atoms with E-state index >= 15 is 0 Å². The average Bonchev–Trinajstić information content (AvgIpc) is 2.51. The molecule has 1 aromatic carbocycles. The summed E-state index contributed by atoms with van der Waals surface area (Å²) in [6.07, 6.45) is 5.94. The maximum atomic E-state index is 5.98. The molecule has 2 N–H and O–H groups in total. The van der Waals surface area contributed by atoms with Crippen LogP contribution in [0, 0.1) is 0 Å². The SMILES string of the molecule is CCCOCCOC1CCC(Oc2ccc(N)cc2)CC1. The Bertz CT molecular complexity index is 386. The quantitative estimate of drug-likeness (QED) is 0.589. The highest BCUT2D eigenvalue weighted by atomic mass is 16.5. The minimum Gasteiger partial charge on any atom is -0.490 e. The molecule has 0 aliphatic heterocycles. The fourth-order valence-corrected chi connectivity index (χ4v) is 2.58. The van der Waals surface area contributed by atoms with Crippen molar-refractivity contribution in [3.05, 3.63) is 24.3 Å². The second-order valence-corrected chi connectivity index (χ2v) is 5.57. The van der Waals surface area contributed by atoms with Crippen LogP contribution in [0.1, 0.15) is 39.0 Å². The van der Waals surface area contributed by atoms with Gasteiger partial charge in [-0.25, -0.2) is 0 Å². The van der Waals surface area contributed by atoms with E-state index in [0.29, 0.717) is 25.4 Å². The molecular formula is C17H27NO3. The molecule has 2 rings (SSSR count). The lowest BCUT2D eigenvalue weighted by Gasteiger charge is -2.29. The third kappa shape index (κ3) is 5.94. The largest absolute Gasteiger partial charge is 0.490 e. The van der Waals surface area contributed by atoms with Gasteiger partial charge in [0.25, 0.3) is 0 Å². The monoisotopic (exact) mass is 293 g/mol. The fourth-order valence-electron chi connectivity index (χ4n) is 2.58. The van der Waals surface area contributed by atoms with Crippen LogP contribution >= 0.6 is 0 Å². The van der Waals surface area contributed by atoms with E-state index in [4.69, 9.17) is 19.9 Å². The van der Waals surface area contributed by atoms with Crippen molar-refractivity contribution >= 4 is 5.69 Å². The summed E-state index contributed by atoms with van der Waals surface area (Å²) in [7, 11) is 0. The Morgan fingerprint density at radius 1 is 0.952 bits per heavy atom. The van der Waals surface area contributed by atoms with Gasteiger partial charge in [0.1, 0.15) is 5.75 Å². The Hall–Kier alpha value is -1.26. The van der Waals surface area contributed by atoms with Crippen molar-refractivity contribution in [1.82, 2.24) is 0 Å². The topological polar surface area (TPSA) is 53.7 Å². The van der Waals surface area contributed by atoms with Crippen LogP contribution in [-0.4, -0.2) is 32.0 Å². The molecule has 118 valence electrons. The predicted molar refractivity (Wildman–Crippen MR) is 84.6 cm³/mol. The fraction of sp³-hybridized carbons (Fsp3) is 0.647. The van der Waals surface area contributed by atoms with Crippen molar-refractivity contribution in [1.29, 1.82) is 0 Å². The van der Waals surface area contributed by atoms with E-state index in [0.717, 1.165) is 50.1 Å². The van der Waals surface area contributed by atoms with E-state index in [1.54, 1.807) is 0 Å². The summed E-state index contributed by atoms with van der Waals surface area (Å²) in [5.74, 6) is 0.904. The van der Waals surface area contributed by atoms with Crippen LogP contribution in [0.3, 0.4) is 0 Å². The summed E-state index contributed by atoms with van der Waals surface area (Å²) >= 11 is 0. The summed E-state index contributed by atoms with van der Waals surface area (Å²) in [5, 5.41) is 0. The second kappa shape index (κ2) is 8.90. The molecule has 0 bridgehead atoms. The lowest BCUT2D eigenvalue weighted by Crippen LogP contribution is -2.29. The third-order valence-electron chi connectivity index (χ3n) is 3.73. The van der Waals surface area contributed by atoms with Crippen molar-refractivity contribution in [3.8, 4) is 5.75 Å². The molecule has 1 saturated carbocycles. The number of benzene rings is 1. The minimum atomic E-state index is 0.296. The third-order valence-corrected chi connectivity index (χ3v) is 3.73. The summed E-state index contributed by atoms with van der Waals surface area (Å²) in [6, 6.07) is 7.62. The summed E-state index contributed by atoms with van der Waals surface area (Å²) in [5.41, 5.74) is 6.44. The smallest absolute Gasteiger partial charge is 0.119 e. The molecule has 1 aromatic rings. The Morgan fingerprint density at radius 2 is 1.62 bits per heavy atom. The number of rotatable bonds is 8. The Balaban J connectivity index is 1.60. The van der Waals surface area contributed by atoms with Gasteiger partial charge in [0.05, 0.1) is 25.4 Å². The Labute approximate surface area is 127 Å². The normalized spacial score (nSPS) is 22.1. The van der Waals surface area contributed by atoms with Gasteiger partial charge in [-0.2, -0.15) is 0 Å². The van der Waals surface area contributed by atoms with Gasteiger partial charge in [0, 0.05) is 12.3 Å². The van der Waals surface area contributed by atoms with Crippen LogP contribution in [0.5, 0.6) is 5.75 Å². The van der Waals surface area contributed by atoms with Crippen molar-refractivity contribution in [3.63, 3.8) is 0 Å². The van der Waals surface area contributed by atoms with Crippen LogP contribution in [0.25, 0.3) is 0 Å². The second-order valence-electron chi connectivity index (χ2n) is 5.57. The van der Waals surface area contributed by atoms with E-state index < -0.39 is 0 Å². The van der Waals surface area contributed by atoms with Gasteiger partial charge in [0.15, 0.2) is 0 Å². The van der Waals surface area contributed by atoms with Crippen molar-refractivity contribution in [2.24, 2.45) is 0 Å². The average molecular weight is 293 g/mol. The highest BCUT2D eigenvalue weighted by molar-refractivity contribution is 5.41. The van der Waals surface area contributed by atoms with Gasteiger partial charge in [-0.3, -0.25) is 0 Å². The number of hydrogen-bond acceptors (Lipinski definition) is 4. The first-order chi connectivity index (χ1) is 10.3.